The molecule has 0 saturated carbocycles. The number of aromatic nitrogens is 3. The van der Waals surface area contributed by atoms with Crippen LogP contribution < -0.4 is 4.74 Å². The van der Waals surface area contributed by atoms with Crippen LogP contribution in [-0.2, 0) is 0 Å². The summed E-state index contributed by atoms with van der Waals surface area (Å²) in [5.74, 6) is 0.849. The van der Waals surface area contributed by atoms with Gasteiger partial charge in [-0.25, -0.2) is 4.98 Å². The Labute approximate surface area is 122 Å². The third-order valence-electron chi connectivity index (χ3n) is 3.14. The average Bonchev–Trinajstić information content (AvgIpc) is 3.03. The molecule has 21 heavy (non-hydrogen) atoms. The lowest BCUT2D eigenvalue weighted by molar-refractivity contribution is 0.415. The number of nitrogens with one attached hydrogen (secondary N) is 1. The number of pyridine rings is 1. The lowest BCUT2D eigenvalue weighted by atomic mass is 10.2. The molecule has 0 spiro atoms. The second-order valence-corrected chi connectivity index (χ2v) is 4.48. The van der Waals surface area contributed by atoms with Gasteiger partial charge in [0.05, 0.1) is 30.0 Å². The summed E-state index contributed by atoms with van der Waals surface area (Å²) in [7, 11) is 1.65. The molecule has 0 saturated heterocycles. The Morgan fingerprint density at radius 2 is 1.76 bits per heavy atom. The molecule has 0 bridgehead atoms. The Bertz CT molecular complexity index is 789. The minimum Gasteiger partial charge on any atom is -0.497 e. The standard InChI is InChI=1S/C9H7N.C8H8N2O/c1-2-6-9-8(4-1)5-3-7-10-9;1-11-6-2-3-7-8(4-6)10-5-9-7/h1-7H;2-5H,1H3,(H,9,10). The molecule has 0 aliphatic heterocycles. The van der Waals surface area contributed by atoms with Crippen LogP contribution in [0.2, 0.25) is 0 Å². The summed E-state index contributed by atoms with van der Waals surface area (Å²) >= 11 is 0. The van der Waals surface area contributed by atoms with Crippen molar-refractivity contribution in [2.24, 2.45) is 0 Å². The molecule has 2 heterocycles. The normalized spacial score (nSPS) is 10.1. The van der Waals surface area contributed by atoms with Gasteiger partial charge in [0.2, 0.25) is 0 Å². The number of fused-ring (bicyclic) bond motifs is 2. The SMILES string of the molecule is COc1ccc2nc[nH]c2c1.c1ccc2ncccc2c1. The first kappa shape index (κ1) is 13.1. The van der Waals surface area contributed by atoms with E-state index in [4.69, 9.17) is 4.74 Å². The highest BCUT2D eigenvalue weighted by Crippen LogP contribution is 2.16. The number of para-hydroxylation sites is 1. The predicted octanol–water partition coefficient (Wildman–Crippen LogP) is 3.81. The van der Waals surface area contributed by atoms with Crippen LogP contribution in [0.1, 0.15) is 0 Å². The zero-order chi connectivity index (χ0) is 14.5. The van der Waals surface area contributed by atoms with Gasteiger partial charge in [-0.1, -0.05) is 24.3 Å². The number of imidazole rings is 1. The summed E-state index contributed by atoms with van der Waals surface area (Å²) < 4.78 is 5.04. The first-order valence-corrected chi connectivity index (χ1v) is 6.64. The minimum absolute atomic E-state index is 0.849. The minimum atomic E-state index is 0.849. The van der Waals surface area contributed by atoms with Crippen LogP contribution in [0.25, 0.3) is 21.9 Å². The zero-order valence-corrected chi connectivity index (χ0v) is 11.7. The van der Waals surface area contributed by atoms with Gasteiger partial charge < -0.3 is 9.72 Å². The molecule has 4 heteroatoms. The molecule has 2 aromatic heterocycles. The van der Waals surface area contributed by atoms with Crippen molar-refractivity contribution in [1.29, 1.82) is 0 Å². The summed E-state index contributed by atoms with van der Waals surface area (Å²) in [6, 6.07) is 17.8. The molecular formula is C17H15N3O. The molecule has 0 fully saturated rings. The Hall–Kier alpha value is -2.88. The third-order valence-corrected chi connectivity index (χ3v) is 3.14. The van der Waals surface area contributed by atoms with Gasteiger partial charge in [0.1, 0.15) is 5.75 Å². The number of nitrogens with zero attached hydrogens (tertiary/aromatic N) is 2. The van der Waals surface area contributed by atoms with E-state index in [2.05, 4.69) is 27.1 Å². The van der Waals surface area contributed by atoms with Crippen LogP contribution in [0.4, 0.5) is 0 Å². The molecule has 0 unspecified atom stereocenters. The topological polar surface area (TPSA) is 50.8 Å². The fraction of sp³-hybridized carbons (Fsp3) is 0.0588. The smallest absolute Gasteiger partial charge is 0.121 e. The Kier molecular flexibility index (Phi) is 3.78. The van der Waals surface area contributed by atoms with E-state index in [1.54, 1.807) is 13.4 Å². The fourth-order valence-electron chi connectivity index (χ4n) is 2.06. The van der Waals surface area contributed by atoms with Crippen molar-refractivity contribution < 1.29 is 4.74 Å². The van der Waals surface area contributed by atoms with E-state index >= 15 is 0 Å². The highest BCUT2D eigenvalue weighted by Gasteiger charge is 1.96. The quantitative estimate of drug-likeness (QED) is 0.575. The third kappa shape index (κ3) is 3.00. The van der Waals surface area contributed by atoms with Gasteiger partial charge in [-0.3, -0.25) is 4.98 Å². The zero-order valence-electron chi connectivity index (χ0n) is 11.7. The van der Waals surface area contributed by atoms with Crippen molar-refractivity contribution >= 4 is 21.9 Å². The second kappa shape index (κ2) is 6.05. The predicted molar refractivity (Wildman–Crippen MR) is 84.4 cm³/mol. The fourth-order valence-corrected chi connectivity index (χ4v) is 2.06. The van der Waals surface area contributed by atoms with Gasteiger partial charge in [-0.2, -0.15) is 0 Å². The highest BCUT2D eigenvalue weighted by molar-refractivity contribution is 5.77. The van der Waals surface area contributed by atoms with Crippen LogP contribution in [0.3, 0.4) is 0 Å². The molecule has 0 aliphatic rings. The maximum Gasteiger partial charge on any atom is 0.121 e. The lowest BCUT2D eigenvalue weighted by Gasteiger charge is -1.96. The lowest BCUT2D eigenvalue weighted by Crippen LogP contribution is -1.80. The molecule has 1 N–H and O–H groups in total. The van der Waals surface area contributed by atoms with Gasteiger partial charge in [-0.05, 0) is 24.3 Å². The Balaban J connectivity index is 0.000000126. The summed E-state index contributed by atoms with van der Waals surface area (Å²) in [4.78, 5) is 11.3. The molecule has 0 radical (unpaired) electrons. The largest absolute Gasteiger partial charge is 0.497 e. The van der Waals surface area contributed by atoms with Crippen LogP contribution in [0.15, 0.2) is 67.1 Å². The Morgan fingerprint density at radius 1 is 0.905 bits per heavy atom. The van der Waals surface area contributed by atoms with Crippen molar-refractivity contribution in [1.82, 2.24) is 15.0 Å². The molecule has 2 aromatic carbocycles. The summed E-state index contributed by atoms with van der Waals surface area (Å²) in [6.45, 7) is 0. The second-order valence-electron chi connectivity index (χ2n) is 4.48. The number of H-pyrrole nitrogens is 1. The number of aromatic amines is 1. The first-order chi connectivity index (χ1) is 10.4. The van der Waals surface area contributed by atoms with Crippen molar-refractivity contribution in [2.75, 3.05) is 7.11 Å². The molecule has 104 valence electrons. The number of hydrogen-bond donors (Lipinski definition) is 1. The van der Waals surface area contributed by atoms with Crippen molar-refractivity contribution in [3.63, 3.8) is 0 Å². The molecule has 4 nitrogen and oxygen atoms in total. The maximum atomic E-state index is 5.04. The van der Waals surface area contributed by atoms with Crippen molar-refractivity contribution in [3.05, 3.63) is 67.1 Å². The average molecular weight is 277 g/mol. The van der Waals surface area contributed by atoms with Crippen molar-refractivity contribution in [2.45, 2.75) is 0 Å². The molecular weight excluding hydrogens is 262 g/mol. The first-order valence-electron chi connectivity index (χ1n) is 6.64. The molecule has 0 aliphatic carbocycles. The van der Waals surface area contributed by atoms with Gasteiger partial charge in [0, 0.05) is 17.6 Å². The van der Waals surface area contributed by atoms with Gasteiger partial charge in [0.15, 0.2) is 0 Å². The number of benzene rings is 2. The summed E-state index contributed by atoms with van der Waals surface area (Å²) in [5, 5.41) is 1.20. The van der Waals surface area contributed by atoms with E-state index < -0.39 is 0 Å². The van der Waals surface area contributed by atoms with E-state index in [-0.39, 0.29) is 0 Å². The maximum absolute atomic E-state index is 5.04. The van der Waals surface area contributed by atoms with Crippen LogP contribution >= 0.6 is 0 Å². The van der Waals surface area contributed by atoms with Crippen LogP contribution in [0.5, 0.6) is 5.75 Å². The summed E-state index contributed by atoms with van der Waals surface area (Å²) in [6.07, 6.45) is 3.48. The van der Waals surface area contributed by atoms with Gasteiger partial charge >= 0.3 is 0 Å². The number of rotatable bonds is 1. The molecule has 4 aromatic rings. The molecule has 0 atom stereocenters. The number of ether oxygens (including phenoxy) is 1. The Morgan fingerprint density at radius 3 is 2.62 bits per heavy atom. The molecule has 4 rings (SSSR count). The van der Waals surface area contributed by atoms with Gasteiger partial charge in [-0.15, -0.1) is 0 Å². The number of methoxy groups -OCH3 is 1. The monoisotopic (exact) mass is 277 g/mol. The van der Waals surface area contributed by atoms with E-state index in [0.29, 0.717) is 0 Å². The summed E-state index contributed by atoms with van der Waals surface area (Å²) in [5.41, 5.74) is 3.03. The van der Waals surface area contributed by atoms with E-state index in [1.807, 2.05) is 48.7 Å². The number of hydrogen-bond acceptors (Lipinski definition) is 3. The van der Waals surface area contributed by atoms with Gasteiger partial charge in [0.25, 0.3) is 0 Å². The van der Waals surface area contributed by atoms with Crippen LogP contribution in [-0.4, -0.2) is 22.1 Å². The molecule has 0 amide bonds. The van der Waals surface area contributed by atoms with E-state index in [1.165, 1.54) is 5.39 Å². The van der Waals surface area contributed by atoms with E-state index in [0.717, 1.165) is 22.3 Å². The van der Waals surface area contributed by atoms with Crippen LogP contribution in [0, 0.1) is 0 Å². The highest BCUT2D eigenvalue weighted by atomic mass is 16.5. The van der Waals surface area contributed by atoms with E-state index in [9.17, 15) is 0 Å². The van der Waals surface area contributed by atoms with Crippen molar-refractivity contribution in [3.8, 4) is 5.75 Å².